The Morgan fingerprint density at radius 3 is 2.89 bits per heavy atom. The molecule has 2 N–H and O–H groups in total. The molecule has 1 aromatic heterocycles. The van der Waals surface area contributed by atoms with Crippen molar-refractivity contribution in [3.05, 3.63) is 44.7 Å². The predicted octanol–water partition coefficient (Wildman–Crippen LogP) is 2.16. The Morgan fingerprint density at radius 2 is 2.26 bits per heavy atom. The minimum atomic E-state index is -0.612. The van der Waals surface area contributed by atoms with Crippen LogP contribution in [0.2, 0.25) is 0 Å². The number of anilines is 1. The van der Waals surface area contributed by atoms with E-state index in [-0.39, 0.29) is 0 Å². The molecule has 0 aliphatic heterocycles. The highest BCUT2D eigenvalue weighted by Gasteiger charge is 2.18. The fourth-order valence-electron chi connectivity index (χ4n) is 1.71. The molecular formula is C11H12BrN5O2. The van der Waals surface area contributed by atoms with E-state index in [0.717, 1.165) is 24.1 Å². The van der Waals surface area contributed by atoms with Crippen molar-refractivity contribution in [2.45, 2.75) is 19.4 Å². The van der Waals surface area contributed by atoms with Crippen LogP contribution in [-0.2, 0) is 13.0 Å². The summed E-state index contributed by atoms with van der Waals surface area (Å²) in [6.45, 7) is 0.552. The van der Waals surface area contributed by atoms with Gasteiger partial charge in [-0.3, -0.25) is 0 Å². The van der Waals surface area contributed by atoms with Crippen molar-refractivity contribution in [1.82, 2.24) is 14.8 Å². The van der Waals surface area contributed by atoms with E-state index in [1.807, 2.05) is 24.3 Å². The SMILES string of the molecule is Nc1cccc(CCCn2nc([N+](=O)[O-])nc2Br)c1. The Hall–Kier alpha value is -1.96. The highest BCUT2D eigenvalue weighted by molar-refractivity contribution is 9.10. The van der Waals surface area contributed by atoms with Crippen molar-refractivity contribution < 1.29 is 4.92 Å². The van der Waals surface area contributed by atoms with Gasteiger partial charge in [-0.05, 0) is 40.4 Å². The summed E-state index contributed by atoms with van der Waals surface area (Å²) in [5.41, 5.74) is 7.55. The lowest BCUT2D eigenvalue weighted by Crippen LogP contribution is -2.03. The van der Waals surface area contributed by atoms with Crippen molar-refractivity contribution in [1.29, 1.82) is 0 Å². The molecule has 2 rings (SSSR count). The van der Waals surface area contributed by atoms with Crippen LogP contribution in [0, 0.1) is 10.1 Å². The summed E-state index contributed by atoms with van der Waals surface area (Å²) in [4.78, 5) is 13.6. The van der Waals surface area contributed by atoms with Crippen LogP contribution >= 0.6 is 15.9 Å². The van der Waals surface area contributed by atoms with E-state index in [0.29, 0.717) is 11.3 Å². The van der Waals surface area contributed by atoms with Gasteiger partial charge >= 0.3 is 5.95 Å². The van der Waals surface area contributed by atoms with E-state index in [2.05, 4.69) is 26.0 Å². The van der Waals surface area contributed by atoms with Gasteiger partial charge in [0.15, 0.2) is 0 Å². The number of nitrogen functional groups attached to an aromatic ring is 1. The van der Waals surface area contributed by atoms with Crippen molar-refractivity contribution >= 4 is 27.6 Å². The van der Waals surface area contributed by atoms with Gasteiger partial charge in [-0.15, -0.1) is 0 Å². The van der Waals surface area contributed by atoms with Gasteiger partial charge < -0.3 is 15.8 Å². The van der Waals surface area contributed by atoms with Crippen molar-refractivity contribution in [3.63, 3.8) is 0 Å². The first-order valence-electron chi connectivity index (χ1n) is 5.65. The summed E-state index contributed by atoms with van der Waals surface area (Å²) in [5.74, 6) is -0.393. The van der Waals surface area contributed by atoms with Crippen molar-refractivity contribution in [2.75, 3.05) is 5.73 Å². The standard InChI is InChI=1S/C11H12BrN5O2/c12-10-14-11(17(18)19)15-16(10)6-2-4-8-3-1-5-9(13)7-8/h1,3,5,7H,2,4,6,13H2. The maximum atomic E-state index is 10.5. The second kappa shape index (κ2) is 5.79. The summed E-state index contributed by atoms with van der Waals surface area (Å²) in [5, 5.41) is 14.3. The predicted molar refractivity (Wildman–Crippen MR) is 73.6 cm³/mol. The van der Waals surface area contributed by atoms with E-state index in [1.54, 1.807) is 0 Å². The van der Waals surface area contributed by atoms with Gasteiger partial charge in [0.05, 0.1) is 6.54 Å². The minimum absolute atomic E-state index is 0.367. The molecule has 0 fully saturated rings. The van der Waals surface area contributed by atoms with Gasteiger partial charge in [0.1, 0.15) is 0 Å². The molecule has 0 amide bonds. The second-order valence-corrected chi connectivity index (χ2v) is 4.72. The monoisotopic (exact) mass is 325 g/mol. The van der Waals surface area contributed by atoms with Gasteiger partial charge in [-0.25, -0.2) is 0 Å². The normalized spacial score (nSPS) is 10.6. The smallest absolute Gasteiger partial charge is 0.399 e. The summed E-state index contributed by atoms with van der Waals surface area (Å²) in [7, 11) is 0. The van der Waals surface area contributed by atoms with Crippen molar-refractivity contribution in [3.8, 4) is 0 Å². The zero-order valence-corrected chi connectivity index (χ0v) is 11.6. The quantitative estimate of drug-likeness (QED) is 0.515. The molecule has 0 atom stereocenters. The Bertz CT molecular complexity index is 599. The molecule has 0 aliphatic rings. The van der Waals surface area contributed by atoms with Crippen LogP contribution in [0.5, 0.6) is 0 Å². The lowest BCUT2D eigenvalue weighted by atomic mass is 10.1. The number of nitro groups is 1. The van der Waals surface area contributed by atoms with Crippen LogP contribution in [0.1, 0.15) is 12.0 Å². The highest BCUT2D eigenvalue weighted by Crippen LogP contribution is 2.14. The fourth-order valence-corrected chi connectivity index (χ4v) is 2.13. The molecular weight excluding hydrogens is 314 g/mol. The topological polar surface area (TPSA) is 99.9 Å². The van der Waals surface area contributed by atoms with Crippen LogP contribution in [0.15, 0.2) is 29.0 Å². The van der Waals surface area contributed by atoms with Gasteiger partial charge in [0.25, 0.3) is 4.73 Å². The molecule has 7 nitrogen and oxygen atoms in total. The number of halogens is 1. The Morgan fingerprint density at radius 1 is 1.47 bits per heavy atom. The van der Waals surface area contributed by atoms with E-state index < -0.39 is 10.9 Å². The third kappa shape index (κ3) is 3.50. The molecule has 100 valence electrons. The van der Waals surface area contributed by atoms with Gasteiger partial charge in [0.2, 0.25) is 0 Å². The summed E-state index contributed by atoms with van der Waals surface area (Å²) < 4.78 is 1.84. The number of aryl methyl sites for hydroxylation is 2. The number of nitrogens with two attached hydrogens (primary N) is 1. The minimum Gasteiger partial charge on any atom is -0.399 e. The maximum absolute atomic E-state index is 10.5. The Balaban J connectivity index is 1.94. The molecule has 1 aromatic carbocycles. The van der Waals surface area contributed by atoms with Crippen LogP contribution in [-0.4, -0.2) is 19.7 Å². The first-order chi connectivity index (χ1) is 9.06. The molecule has 0 spiro atoms. The van der Waals surface area contributed by atoms with Crippen LogP contribution in [0.3, 0.4) is 0 Å². The molecule has 0 saturated heterocycles. The van der Waals surface area contributed by atoms with Crippen LogP contribution in [0.4, 0.5) is 11.6 Å². The number of benzene rings is 1. The zero-order chi connectivity index (χ0) is 13.8. The largest absolute Gasteiger partial charge is 0.492 e. The average molecular weight is 326 g/mol. The Labute approximate surface area is 117 Å². The number of aromatic nitrogens is 3. The van der Waals surface area contributed by atoms with Crippen LogP contribution in [0.25, 0.3) is 0 Å². The third-order valence-electron chi connectivity index (χ3n) is 2.57. The number of hydrogen-bond donors (Lipinski definition) is 1. The lowest BCUT2D eigenvalue weighted by molar-refractivity contribution is -0.394. The first-order valence-corrected chi connectivity index (χ1v) is 6.44. The molecule has 0 unspecified atom stereocenters. The van der Waals surface area contributed by atoms with E-state index in [1.165, 1.54) is 4.68 Å². The molecule has 0 aliphatic carbocycles. The average Bonchev–Trinajstić information content (AvgIpc) is 2.71. The van der Waals surface area contributed by atoms with Gasteiger partial charge in [0, 0.05) is 26.7 Å². The number of nitrogens with zero attached hydrogens (tertiary/aromatic N) is 4. The lowest BCUT2D eigenvalue weighted by Gasteiger charge is -2.01. The maximum Gasteiger partial charge on any atom is 0.492 e. The third-order valence-corrected chi connectivity index (χ3v) is 3.15. The molecule has 0 bridgehead atoms. The van der Waals surface area contributed by atoms with Crippen molar-refractivity contribution in [2.24, 2.45) is 0 Å². The molecule has 2 aromatic rings. The number of hydrogen-bond acceptors (Lipinski definition) is 5. The van der Waals surface area contributed by atoms with Gasteiger partial charge in [-0.1, -0.05) is 12.1 Å². The Kier molecular flexibility index (Phi) is 4.10. The molecule has 1 heterocycles. The highest BCUT2D eigenvalue weighted by atomic mass is 79.9. The van der Waals surface area contributed by atoms with Gasteiger partial charge in [-0.2, -0.15) is 4.68 Å². The summed E-state index contributed by atoms with van der Waals surface area (Å²) in [6, 6.07) is 7.65. The van der Waals surface area contributed by atoms with E-state index in [9.17, 15) is 10.1 Å². The zero-order valence-electron chi connectivity index (χ0n) is 9.99. The van der Waals surface area contributed by atoms with E-state index in [4.69, 9.17) is 5.73 Å². The summed E-state index contributed by atoms with van der Waals surface area (Å²) >= 11 is 3.15. The number of rotatable bonds is 5. The molecule has 8 heteroatoms. The van der Waals surface area contributed by atoms with E-state index >= 15 is 0 Å². The second-order valence-electron chi connectivity index (χ2n) is 4.01. The summed E-state index contributed by atoms with van der Waals surface area (Å²) in [6.07, 6.45) is 1.62. The molecule has 0 saturated carbocycles. The molecule has 0 radical (unpaired) electrons. The fraction of sp³-hybridized carbons (Fsp3) is 0.273. The molecule has 19 heavy (non-hydrogen) atoms. The van der Waals surface area contributed by atoms with Crippen LogP contribution < -0.4 is 5.73 Å². The first kappa shape index (κ1) is 13.5.